The van der Waals surface area contributed by atoms with Crippen molar-refractivity contribution in [2.75, 3.05) is 0 Å². The van der Waals surface area contributed by atoms with Crippen molar-refractivity contribution < 1.29 is 0 Å². The Kier molecular flexibility index (Phi) is 1.00. The van der Waals surface area contributed by atoms with Gasteiger partial charge in [-0.2, -0.15) is 5.10 Å². The molecule has 0 saturated carbocycles. The van der Waals surface area contributed by atoms with Gasteiger partial charge in [0.25, 0.3) is 0 Å². The Morgan fingerprint density at radius 2 is 2.50 bits per heavy atom. The minimum atomic E-state index is 0.641. The van der Waals surface area contributed by atoms with Gasteiger partial charge in [-0.1, -0.05) is 0 Å². The number of rotatable bonds is 0. The lowest BCUT2D eigenvalue weighted by molar-refractivity contribution is 0.649. The first kappa shape index (κ1) is 5.46. The Morgan fingerprint density at radius 1 is 1.60 bits per heavy atom. The molecule has 0 aromatic carbocycles. The van der Waals surface area contributed by atoms with Crippen LogP contribution < -0.4 is 5.73 Å². The van der Waals surface area contributed by atoms with Crippen LogP contribution in [0.25, 0.3) is 0 Å². The minimum Gasteiger partial charge on any atom is -0.386 e. The van der Waals surface area contributed by atoms with E-state index >= 15 is 0 Å². The highest BCUT2D eigenvalue weighted by Crippen LogP contribution is 2.04. The van der Waals surface area contributed by atoms with Gasteiger partial charge in [0.15, 0.2) is 0 Å². The van der Waals surface area contributed by atoms with Crippen molar-refractivity contribution >= 4 is 5.84 Å². The zero-order chi connectivity index (χ0) is 6.97. The fourth-order valence-corrected chi connectivity index (χ4v) is 1.02. The summed E-state index contributed by atoms with van der Waals surface area (Å²) in [6.45, 7) is 1.31. The van der Waals surface area contributed by atoms with Gasteiger partial charge in [0, 0.05) is 6.20 Å². The number of hydrogen-bond donors (Lipinski definition) is 1. The summed E-state index contributed by atoms with van der Waals surface area (Å²) in [5.74, 6) is 0.663. The zero-order valence-electron chi connectivity index (χ0n) is 5.49. The molecule has 2 N–H and O–H groups in total. The fourth-order valence-electron chi connectivity index (χ4n) is 1.02. The van der Waals surface area contributed by atoms with Crippen molar-refractivity contribution in [3.63, 3.8) is 0 Å². The Labute approximate surface area is 58.4 Å². The highest BCUT2D eigenvalue weighted by atomic mass is 15.3. The fraction of sp³-hybridized carbons (Fsp3) is 0.333. The largest absolute Gasteiger partial charge is 0.386 e. The molecule has 0 radical (unpaired) electrons. The molecule has 4 heteroatoms. The van der Waals surface area contributed by atoms with Crippen LogP contribution in [0.4, 0.5) is 0 Å². The Balaban J connectivity index is 2.39. The summed E-state index contributed by atoms with van der Waals surface area (Å²) < 4.78 is 1.86. The summed E-state index contributed by atoms with van der Waals surface area (Å²) in [6.07, 6.45) is 1.77. The molecule has 0 spiro atoms. The van der Waals surface area contributed by atoms with E-state index in [4.69, 9.17) is 5.73 Å². The van der Waals surface area contributed by atoms with Crippen LogP contribution in [0.2, 0.25) is 0 Å². The summed E-state index contributed by atoms with van der Waals surface area (Å²) in [4.78, 5) is 4.08. The second-order valence-corrected chi connectivity index (χ2v) is 2.29. The van der Waals surface area contributed by atoms with E-state index in [0.717, 1.165) is 5.69 Å². The molecule has 0 unspecified atom stereocenters. The van der Waals surface area contributed by atoms with Gasteiger partial charge < -0.3 is 5.73 Å². The molecule has 0 fully saturated rings. The number of aliphatic imine (C=N–C) groups is 1. The summed E-state index contributed by atoms with van der Waals surface area (Å²) in [6, 6.07) is 1.95. The molecule has 0 bridgehead atoms. The Hall–Kier alpha value is -1.32. The summed E-state index contributed by atoms with van der Waals surface area (Å²) >= 11 is 0. The maximum atomic E-state index is 5.50. The second kappa shape index (κ2) is 1.83. The Morgan fingerprint density at radius 3 is 3.40 bits per heavy atom. The van der Waals surface area contributed by atoms with Crippen LogP contribution in [0.15, 0.2) is 17.3 Å². The van der Waals surface area contributed by atoms with E-state index in [-0.39, 0.29) is 0 Å². The van der Waals surface area contributed by atoms with Gasteiger partial charge in [-0.05, 0) is 6.07 Å². The van der Waals surface area contributed by atoms with E-state index in [9.17, 15) is 0 Å². The van der Waals surface area contributed by atoms with Crippen molar-refractivity contribution in [3.05, 3.63) is 18.0 Å². The second-order valence-electron chi connectivity index (χ2n) is 2.29. The lowest BCUT2D eigenvalue weighted by Crippen LogP contribution is -2.25. The van der Waals surface area contributed by atoms with E-state index in [1.165, 1.54) is 0 Å². The van der Waals surface area contributed by atoms with Crippen LogP contribution in [0.1, 0.15) is 5.69 Å². The molecule has 0 amide bonds. The average molecular weight is 136 g/mol. The maximum absolute atomic E-state index is 5.50. The van der Waals surface area contributed by atoms with Gasteiger partial charge in [0.1, 0.15) is 5.84 Å². The third-order valence-corrected chi connectivity index (χ3v) is 1.56. The number of nitrogens with two attached hydrogens (primary N) is 1. The highest BCUT2D eigenvalue weighted by molar-refractivity contribution is 5.80. The van der Waals surface area contributed by atoms with Gasteiger partial charge in [-0.25, -0.2) is 0 Å². The lowest BCUT2D eigenvalue weighted by atomic mass is 10.4. The summed E-state index contributed by atoms with van der Waals surface area (Å²) in [5, 5.41) is 4.06. The van der Waals surface area contributed by atoms with Crippen molar-refractivity contribution in [1.29, 1.82) is 0 Å². The predicted molar refractivity (Wildman–Crippen MR) is 37.6 cm³/mol. The van der Waals surface area contributed by atoms with Gasteiger partial charge >= 0.3 is 0 Å². The molecule has 1 aliphatic rings. The lowest BCUT2D eigenvalue weighted by Gasteiger charge is -2.10. The van der Waals surface area contributed by atoms with E-state index in [2.05, 4.69) is 10.1 Å². The molecule has 1 aromatic rings. The molecule has 2 heterocycles. The first-order valence-corrected chi connectivity index (χ1v) is 3.16. The van der Waals surface area contributed by atoms with Gasteiger partial charge in [-0.3, -0.25) is 9.67 Å². The number of aromatic nitrogens is 2. The quantitative estimate of drug-likeness (QED) is 0.535. The third-order valence-electron chi connectivity index (χ3n) is 1.56. The van der Waals surface area contributed by atoms with Crippen molar-refractivity contribution in [2.24, 2.45) is 10.7 Å². The first-order valence-electron chi connectivity index (χ1n) is 3.16. The molecule has 52 valence electrons. The third kappa shape index (κ3) is 0.689. The van der Waals surface area contributed by atoms with E-state index in [1.807, 2.05) is 10.7 Å². The van der Waals surface area contributed by atoms with Crippen LogP contribution in [0.5, 0.6) is 0 Å². The SMILES string of the molecule is NC1=NCc2ccnn2C1. The molecule has 0 atom stereocenters. The molecule has 4 nitrogen and oxygen atoms in total. The van der Waals surface area contributed by atoms with Crippen LogP contribution >= 0.6 is 0 Å². The van der Waals surface area contributed by atoms with Crippen molar-refractivity contribution in [1.82, 2.24) is 9.78 Å². The van der Waals surface area contributed by atoms with E-state index < -0.39 is 0 Å². The number of nitrogens with zero attached hydrogens (tertiary/aromatic N) is 3. The molecule has 1 aromatic heterocycles. The minimum absolute atomic E-state index is 0.641. The van der Waals surface area contributed by atoms with Crippen LogP contribution in [0, 0.1) is 0 Å². The molecule has 1 aliphatic heterocycles. The molecule has 2 rings (SSSR count). The molecular formula is C6H8N4. The number of amidine groups is 1. The van der Waals surface area contributed by atoms with Crippen molar-refractivity contribution in [3.8, 4) is 0 Å². The van der Waals surface area contributed by atoms with Gasteiger partial charge in [0.2, 0.25) is 0 Å². The van der Waals surface area contributed by atoms with Gasteiger partial charge in [-0.15, -0.1) is 0 Å². The van der Waals surface area contributed by atoms with Crippen LogP contribution in [0.3, 0.4) is 0 Å². The topological polar surface area (TPSA) is 56.2 Å². The molecular weight excluding hydrogens is 128 g/mol. The van der Waals surface area contributed by atoms with Crippen LogP contribution in [-0.4, -0.2) is 15.6 Å². The van der Waals surface area contributed by atoms with E-state index in [0.29, 0.717) is 18.9 Å². The molecule has 0 aliphatic carbocycles. The van der Waals surface area contributed by atoms with E-state index in [1.54, 1.807) is 6.20 Å². The predicted octanol–water partition coefficient (Wildman–Crippen LogP) is -0.246. The zero-order valence-corrected chi connectivity index (χ0v) is 5.49. The standard InChI is InChI=1S/C6H8N4/c7-6-4-10-5(3-8-6)1-2-9-10/h1-2H,3-4H2,(H2,7,8). The smallest absolute Gasteiger partial charge is 0.116 e. The Bertz CT molecular complexity index is 273. The normalized spacial score (nSPS) is 16.2. The van der Waals surface area contributed by atoms with Crippen molar-refractivity contribution in [2.45, 2.75) is 13.1 Å². The number of fused-ring (bicyclic) bond motifs is 1. The number of hydrogen-bond acceptors (Lipinski definition) is 3. The summed E-state index contributed by atoms with van der Waals surface area (Å²) in [5.41, 5.74) is 6.63. The maximum Gasteiger partial charge on any atom is 0.116 e. The van der Waals surface area contributed by atoms with Gasteiger partial charge in [0.05, 0.1) is 18.8 Å². The first-order chi connectivity index (χ1) is 4.86. The average Bonchev–Trinajstić information content (AvgIpc) is 2.33. The highest BCUT2D eigenvalue weighted by Gasteiger charge is 2.07. The van der Waals surface area contributed by atoms with Crippen LogP contribution in [-0.2, 0) is 13.1 Å². The summed E-state index contributed by atoms with van der Waals surface area (Å²) in [7, 11) is 0. The monoisotopic (exact) mass is 136 g/mol. The molecule has 10 heavy (non-hydrogen) atoms. The molecule has 0 saturated heterocycles.